The fourth-order valence-electron chi connectivity index (χ4n) is 2.66. The molecule has 1 atom stereocenters. The number of carbonyl (C=O) groups is 1. The Balaban J connectivity index is 1.69. The van der Waals surface area contributed by atoms with Crippen molar-refractivity contribution in [2.45, 2.75) is 13.0 Å². The summed E-state index contributed by atoms with van der Waals surface area (Å²) in [6.07, 6.45) is 0.796. The van der Waals surface area contributed by atoms with Crippen LogP contribution < -0.4 is 14.9 Å². The van der Waals surface area contributed by atoms with Crippen molar-refractivity contribution in [3.05, 3.63) is 70.2 Å². The predicted octanol–water partition coefficient (Wildman–Crippen LogP) is 5.07. The van der Waals surface area contributed by atoms with Crippen molar-refractivity contribution < 1.29 is 14.3 Å². The number of amides is 1. The minimum Gasteiger partial charge on any atom is -0.496 e. The van der Waals surface area contributed by atoms with Crippen LogP contribution in [0.15, 0.2) is 59.7 Å². The van der Waals surface area contributed by atoms with Crippen LogP contribution in [0.3, 0.4) is 0 Å². The lowest BCUT2D eigenvalue weighted by Crippen LogP contribution is -2.33. The van der Waals surface area contributed by atoms with Gasteiger partial charge in [0.2, 0.25) is 0 Å². The van der Waals surface area contributed by atoms with Gasteiger partial charge in [-0.1, -0.05) is 47.5 Å². The van der Waals surface area contributed by atoms with Gasteiger partial charge in [0.1, 0.15) is 11.5 Å². The van der Waals surface area contributed by atoms with Gasteiger partial charge >= 0.3 is 0 Å². The maximum absolute atomic E-state index is 12.2. The monoisotopic (exact) mass is 416 g/mol. The lowest BCUT2D eigenvalue weighted by atomic mass is 10.0. The van der Waals surface area contributed by atoms with Gasteiger partial charge in [-0.15, -0.1) is 0 Å². The smallest absolute Gasteiger partial charge is 0.280 e. The van der Waals surface area contributed by atoms with E-state index in [1.807, 2.05) is 36.4 Å². The Kier molecular flexibility index (Phi) is 6.39. The highest BCUT2D eigenvalue weighted by Gasteiger charge is 2.15. The molecule has 0 aromatic heterocycles. The van der Waals surface area contributed by atoms with Gasteiger partial charge in [-0.05, 0) is 42.6 Å². The third kappa shape index (κ3) is 4.55. The number of fused-ring (bicyclic) bond motifs is 1. The fourth-order valence-corrected chi connectivity index (χ4v) is 3.11. The number of hydrogen-bond donors (Lipinski definition) is 1. The molecule has 0 aliphatic heterocycles. The molecule has 0 spiro atoms. The first kappa shape index (κ1) is 20.0. The summed E-state index contributed by atoms with van der Waals surface area (Å²) >= 11 is 11.9. The van der Waals surface area contributed by atoms with E-state index in [4.69, 9.17) is 32.7 Å². The molecule has 3 rings (SSSR count). The van der Waals surface area contributed by atoms with Gasteiger partial charge in [0.25, 0.3) is 5.91 Å². The Morgan fingerprint density at radius 2 is 1.79 bits per heavy atom. The van der Waals surface area contributed by atoms with Crippen LogP contribution in [0.4, 0.5) is 0 Å². The molecule has 7 heteroatoms. The third-order valence-electron chi connectivity index (χ3n) is 4.08. The summed E-state index contributed by atoms with van der Waals surface area (Å²) in [5.41, 5.74) is 3.33. The number of methoxy groups -OCH3 is 1. The summed E-state index contributed by atoms with van der Waals surface area (Å²) in [5, 5.41) is 6.81. The minimum atomic E-state index is -0.788. The number of nitrogens with one attached hydrogen (secondary N) is 1. The van der Waals surface area contributed by atoms with Gasteiger partial charge < -0.3 is 9.47 Å². The predicted molar refractivity (Wildman–Crippen MR) is 113 cm³/mol. The van der Waals surface area contributed by atoms with E-state index in [9.17, 15) is 4.79 Å². The molecular formula is C21H18Cl2N2O3. The van der Waals surface area contributed by atoms with Crippen LogP contribution in [0.2, 0.25) is 10.0 Å². The summed E-state index contributed by atoms with van der Waals surface area (Å²) in [6.45, 7) is 1.61. The first-order valence-corrected chi connectivity index (χ1v) is 9.25. The topological polar surface area (TPSA) is 59.9 Å². The summed E-state index contributed by atoms with van der Waals surface area (Å²) < 4.78 is 11.0. The highest BCUT2D eigenvalue weighted by atomic mass is 35.5. The van der Waals surface area contributed by atoms with Crippen LogP contribution in [-0.4, -0.2) is 25.3 Å². The van der Waals surface area contributed by atoms with Gasteiger partial charge in [0, 0.05) is 16.0 Å². The Labute approximate surface area is 172 Å². The maximum atomic E-state index is 12.2. The second kappa shape index (κ2) is 8.95. The molecule has 0 radical (unpaired) electrons. The van der Waals surface area contributed by atoms with Gasteiger partial charge in [-0.2, -0.15) is 5.10 Å². The van der Waals surface area contributed by atoms with Gasteiger partial charge in [0.05, 0.1) is 18.3 Å². The number of rotatable bonds is 6. The van der Waals surface area contributed by atoms with Crippen molar-refractivity contribution in [1.29, 1.82) is 0 Å². The van der Waals surface area contributed by atoms with E-state index in [1.165, 1.54) is 0 Å². The van der Waals surface area contributed by atoms with Gasteiger partial charge in [-0.25, -0.2) is 5.43 Å². The zero-order chi connectivity index (χ0) is 20.1. The number of ether oxygens (including phenoxy) is 2. The van der Waals surface area contributed by atoms with Gasteiger partial charge in [-0.3, -0.25) is 4.79 Å². The highest BCUT2D eigenvalue weighted by molar-refractivity contribution is 6.35. The SMILES string of the molecule is COc1ccc(/C=N/NC(=O)C(C)Oc2ccc(Cl)cc2Cl)c2ccccc12. The van der Waals surface area contributed by atoms with Crippen molar-refractivity contribution in [2.24, 2.45) is 5.10 Å². The quantitative estimate of drug-likeness (QED) is 0.450. The molecule has 5 nitrogen and oxygen atoms in total. The molecule has 0 aliphatic carbocycles. The highest BCUT2D eigenvalue weighted by Crippen LogP contribution is 2.29. The normalized spacial score (nSPS) is 12.1. The molecule has 0 aliphatic rings. The zero-order valence-corrected chi connectivity index (χ0v) is 16.8. The number of hydrogen-bond acceptors (Lipinski definition) is 4. The zero-order valence-electron chi connectivity index (χ0n) is 15.3. The molecule has 1 unspecified atom stereocenters. The van der Waals surface area contributed by atoms with E-state index in [0.717, 1.165) is 22.1 Å². The Hall–Kier alpha value is -2.76. The van der Waals surface area contributed by atoms with Crippen molar-refractivity contribution in [3.8, 4) is 11.5 Å². The molecule has 0 saturated carbocycles. The van der Waals surface area contributed by atoms with Crippen LogP contribution in [0.25, 0.3) is 10.8 Å². The van der Waals surface area contributed by atoms with Crippen molar-refractivity contribution in [2.75, 3.05) is 7.11 Å². The molecule has 1 amide bonds. The van der Waals surface area contributed by atoms with E-state index in [0.29, 0.717) is 15.8 Å². The molecule has 0 saturated heterocycles. The second-order valence-corrected chi connectivity index (χ2v) is 6.82. The van der Waals surface area contributed by atoms with Crippen LogP contribution in [0, 0.1) is 0 Å². The van der Waals surface area contributed by atoms with Gasteiger partial charge in [0.15, 0.2) is 6.10 Å². The van der Waals surface area contributed by atoms with Crippen LogP contribution in [0.5, 0.6) is 11.5 Å². The molecule has 0 bridgehead atoms. The second-order valence-electron chi connectivity index (χ2n) is 5.97. The molecule has 28 heavy (non-hydrogen) atoms. The fraction of sp³-hybridized carbons (Fsp3) is 0.143. The summed E-state index contributed by atoms with van der Waals surface area (Å²) in [6, 6.07) is 16.4. The molecule has 1 N–H and O–H groups in total. The first-order valence-electron chi connectivity index (χ1n) is 8.50. The van der Waals surface area contributed by atoms with E-state index in [1.54, 1.807) is 38.4 Å². The van der Waals surface area contributed by atoms with Crippen LogP contribution in [-0.2, 0) is 4.79 Å². The average molecular weight is 417 g/mol. The molecule has 3 aromatic rings. The molecule has 144 valence electrons. The molecule has 0 fully saturated rings. The van der Waals surface area contributed by atoms with E-state index < -0.39 is 12.0 Å². The molecule has 0 heterocycles. The standard InChI is InChI=1S/C21H18Cl2N2O3/c1-13(28-20-10-8-15(22)11-18(20)23)21(26)25-24-12-14-7-9-19(27-2)17-6-4-3-5-16(14)17/h3-13H,1-2H3,(H,25,26)/b24-12+. The average Bonchev–Trinajstić information content (AvgIpc) is 2.70. The summed E-state index contributed by atoms with van der Waals surface area (Å²) in [5.74, 6) is 0.748. The van der Waals surface area contributed by atoms with E-state index in [2.05, 4.69) is 10.5 Å². The number of halogens is 2. The summed E-state index contributed by atoms with van der Waals surface area (Å²) in [4.78, 5) is 12.2. The first-order chi connectivity index (χ1) is 13.5. The van der Waals surface area contributed by atoms with E-state index in [-0.39, 0.29) is 0 Å². The lowest BCUT2D eigenvalue weighted by Gasteiger charge is -2.14. The number of benzene rings is 3. The Bertz CT molecular complexity index is 1040. The maximum Gasteiger partial charge on any atom is 0.280 e. The number of nitrogens with zero attached hydrogens (tertiary/aromatic N) is 1. The van der Waals surface area contributed by atoms with Crippen molar-refractivity contribution in [1.82, 2.24) is 5.43 Å². The minimum absolute atomic E-state index is 0.334. The largest absolute Gasteiger partial charge is 0.496 e. The van der Waals surface area contributed by atoms with Crippen molar-refractivity contribution >= 4 is 46.1 Å². The lowest BCUT2D eigenvalue weighted by molar-refractivity contribution is -0.127. The molecular weight excluding hydrogens is 399 g/mol. The molecule has 3 aromatic carbocycles. The van der Waals surface area contributed by atoms with Crippen LogP contribution in [0.1, 0.15) is 12.5 Å². The van der Waals surface area contributed by atoms with Crippen molar-refractivity contribution in [3.63, 3.8) is 0 Å². The van der Waals surface area contributed by atoms with Crippen LogP contribution >= 0.6 is 23.2 Å². The van der Waals surface area contributed by atoms with E-state index >= 15 is 0 Å². The number of hydrazone groups is 1. The third-order valence-corrected chi connectivity index (χ3v) is 4.61. The number of carbonyl (C=O) groups excluding carboxylic acids is 1. The summed E-state index contributed by atoms with van der Waals surface area (Å²) in [7, 11) is 1.63. The Morgan fingerprint density at radius 1 is 1.07 bits per heavy atom. The Morgan fingerprint density at radius 3 is 2.50 bits per heavy atom.